The molecule has 0 saturated heterocycles. The zero-order valence-electron chi connectivity index (χ0n) is 8.60. The van der Waals surface area contributed by atoms with Crippen LogP contribution in [0.25, 0.3) is 0 Å². The third-order valence-electron chi connectivity index (χ3n) is 1.51. The van der Waals surface area contributed by atoms with Gasteiger partial charge in [0.1, 0.15) is 0 Å². The van der Waals surface area contributed by atoms with E-state index in [1.54, 1.807) is 0 Å². The van der Waals surface area contributed by atoms with E-state index < -0.39 is 0 Å². The highest BCUT2D eigenvalue weighted by Crippen LogP contribution is 1.78. The second kappa shape index (κ2) is 8.97. The van der Waals surface area contributed by atoms with Crippen LogP contribution in [0.1, 0.15) is 13.3 Å². The van der Waals surface area contributed by atoms with Crippen molar-refractivity contribution in [2.45, 2.75) is 13.3 Å². The van der Waals surface area contributed by atoms with Crippen LogP contribution in [0, 0.1) is 0 Å². The molecule has 0 amide bonds. The first-order valence-electron chi connectivity index (χ1n) is 4.70. The molecule has 0 fully saturated rings. The maximum Gasteiger partial charge on any atom is 0.0590 e. The molecule has 0 aromatic heterocycles. The zero-order chi connectivity index (χ0) is 9.23. The third kappa shape index (κ3) is 9.88. The Kier molecular flexibility index (Phi) is 8.88. The van der Waals surface area contributed by atoms with Gasteiger partial charge in [0.05, 0.1) is 6.61 Å². The minimum Gasteiger partial charge on any atom is -0.380 e. The maximum atomic E-state index is 5.31. The van der Waals surface area contributed by atoms with Gasteiger partial charge in [-0.1, -0.05) is 6.92 Å². The summed E-state index contributed by atoms with van der Waals surface area (Å²) in [4.78, 5) is 2.17. The van der Waals surface area contributed by atoms with Crippen molar-refractivity contribution >= 4 is 0 Å². The molecule has 3 heteroatoms. The Bertz CT molecular complexity index is 86.6. The normalized spacial score (nSPS) is 11.0. The van der Waals surface area contributed by atoms with Crippen molar-refractivity contribution in [1.82, 2.24) is 10.2 Å². The Hall–Kier alpha value is -0.120. The summed E-state index contributed by atoms with van der Waals surface area (Å²) in [5.41, 5.74) is 0. The molecule has 12 heavy (non-hydrogen) atoms. The van der Waals surface area contributed by atoms with Crippen molar-refractivity contribution in [3.05, 3.63) is 0 Å². The fourth-order valence-electron chi connectivity index (χ4n) is 0.818. The molecule has 0 heterocycles. The summed E-state index contributed by atoms with van der Waals surface area (Å²) in [6.07, 6.45) is 1.11. The first-order chi connectivity index (χ1) is 5.77. The second-order valence-corrected chi connectivity index (χ2v) is 3.17. The summed E-state index contributed by atoms with van der Waals surface area (Å²) < 4.78 is 5.31. The summed E-state index contributed by atoms with van der Waals surface area (Å²) in [5, 5.41) is 3.31. The van der Waals surface area contributed by atoms with Gasteiger partial charge in [-0.05, 0) is 20.5 Å². The third-order valence-corrected chi connectivity index (χ3v) is 1.51. The van der Waals surface area contributed by atoms with Crippen LogP contribution < -0.4 is 5.32 Å². The average molecular weight is 174 g/mol. The number of nitrogens with one attached hydrogen (secondary N) is 1. The van der Waals surface area contributed by atoms with Crippen LogP contribution in [0.3, 0.4) is 0 Å². The minimum atomic E-state index is 0.835. The van der Waals surface area contributed by atoms with Crippen molar-refractivity contribution in [3.8, 4) is 0 Å². The summed E-state index contributed by atoms with van der Waals surface area (Å²) in [6, 6.07) is 0. The Morgan fingerprint density at radius 3 is 2.50 bits per heavy atom. The van der Waals surface area contributed by atoms with E-state index in [-0.39, 0.29) is 0 Å². The summed E-state index contributed by atoms with van der Waals surface area (Å²) >= 11 is 0. The number of ether oxygens (including phenoxy) is 1. The fourth-order valence-corrected chi connectivity index (χ4v) is 0.818. The zero-order valence-corrected chi connectivity index (χ0v) is 8.60. The molecule has 0 aliphatic rings. The van der Waals surface area contributed by atoms with Gasteiger partial charge in [0.2, 0.25) is 0 Å². The predicted octanol–water partition coefficient (Wildman–Crippen LogP) is 0.564. The highest BCUT2D eigenvalue weighted by Gasteiger charge is 1.89. The monoisotopic (exact) mass is 174 g/mol. The molecule has 3 nitrogen and oxygen atoms in total. The molecule has 0 spiro atoms. The molecule has 0 aromatic rings. The minimum absolute atomic E-state index is 0.835. The molecule has 0 bridgehead atoms. The molecular formula is C9H22N2O. The van der Waals surface area contributed by atoms with Crippen LogP contribution in [0.15, 0.2) is 0 Å². The number of nitrogens with zero attached hydrogens (tertiary/aromatic N) is 1. The molecule has 0 aliphatic heterocycles. The van der Waals surface area contributed by atoms with Crippen LogP contribution in [0.4, 0.5) is 0 Å². The molecule has 0 atom stereocenters. The van der Waals surface area contributed by atoms with Crippen LogP contribution in [-0.4, -0.2) is 51.8 Å². The van der Waals surface area contributed by atoms with Crippen molar-refractivity contribution in [1.29, 1.82) is 0 Å². The quantitative estimate of drug-likeness (QED) is 0.544. The standard InChI is InChI=1S/C9H22N2O/c1-4-8-12-9-6-10-5-7-11(2)3/h10H,4-9H2,1-3H3. The van der Waals surface area contributed by atoms with Gasteiger partial charge in [0.15, 0.2) is 0 Å². The lowest BCUT2D eigenvalue weighted by Crippen LogP contribution is -2.28. The molecule has 0 saturated carbocycles. The lowest BCUT2D eigenvalue weighted by atomic mass is 10.5. The van der Waals surface area contributed by atoms with E-state index in [1.165, 1.54) is 0 Å². The van der Waals surface area contributed by atoms with E-state index in [4.69, 9.17) is 4.74 Å². The summed E-state index contributed by atoms with van der Waals surface area (Å²) in [6.45, 7) is 6.94. The van der Waals surface area contributed by atoms with Gasteiger partial charge < -0.3 is 15.0 Å². The highest BCUT2D eigenvalue weighted by atomic mass is 16.5. The van der Waals surface area contributed by atoms with Crippen LogP contribution >= 0.6 is 0 Å². The van der Waals surface area contributed by atoms with Gasteiger partial charge in [-0.3, -0.25) is 0 Å². The van der Waals surface area contributed by atoms with Gasteiger partial charge in [-0.25, -0.2) is 0 Å². The number of hydrogen-bond donors (Lipinski definition) is 1. The van der Waals surface area contributed by atoms with Crippen molar-refractivity contribution in [2.75, 3.05) is 46.9 Å². The average Bonchev–Trinajstić information content (AvgIpc) is 2.02. The molecule has 1 N–H and O–H groups in total. The Labute approximate surface area is 76.1 Å². The summed E-state index contributed by atoms with van der Waals surface area (Å²) in [5.74, 6) is 0. The van der Waals surface area contributed by atoms with E-state index >= 15 is 0 Å². The van der Waals surface area contributed by atoms with Gasteiger partial charge >= 0.3 is 0 Å². The lowest BCUT2D eigenvalue weighted by molar-refractivity contribution is 0.136. The Morgan fingerprint density at radius 2 is 1.92 bits per heavy atom. The Balaban J connectivity index is 2.82. The highest BCUT2D eigenvalue weighted by molar-refractivity contribution is 4.49. The van der Waals surface area contributed by atoms with E-state index in [0.717, 1.165) is 39.3 Å². The molecule has 0 rings (SSSR count). The van der Waals surface area contributed by atoms with Crippen LogP contribution in [-0.2, 0) is 4.74 Å². The van der Waals surface area contributed by atoms with Crippen molar-refractivity contribution in [3.63, 3.8) is 0 Å². The van der Waals surface area contributed by atoms with Crippen molar-refractivity contribution in [2.24, 2.45) is 0 Å². The topological polar surface area (TPSA) is 24.5 Å². The lowest BCUT2D eigenvalue weighted by Gasteiger charge is -2.10. The van der Waals surface area contributed by atoms with Crippen LogP contribution in [0.2, 0.25) is 0 Å². The SMILES string of the molecule is CCCOCCNCCN(C)C. The van der Waals surface area contributed by atoms with E-state index in [1.807, 2.05) is 0 Å². The van der Waals surface area contributed by atoms with Gasteiger partial charge in [-0.2, -0.15) is 0 Å². The number of hydrogen-bond acceptors (Lipinski definition) is 3. The first-order valence-corrected chi connectivity index (χ1v) is 4.70. The largest absolute Gasteiger partial charge is 0.380 e. The predicted molar refractivity (Wildman–Crippen MR) is 52.5 cm³/mol. The number of rotatable bonds is 8. The maximum absolute atomic E-state index is 5.31. The van der Waals surface area contributed by atoms with Gasteiger partial charge in [0.25, 0.3) is 0 Å². The van der Waals surface area contributed by atoms with E-state index in [0.29, 0.717) is 0 Å². The molecular weight excluding hydrogens is 152 g/mol. The molecule has 0 aliphatic carbocycles. The van der Waals surface area contributed by atoms with E-state index in [9.17, 15) is 0 Å². The second-order valence-electron chi connectivity index (χ2n) is 3.17. The number of likely N-dealkylation sites (N-methyl/N-ethyl adjacent to an activating group) is 1. The fraction of sp³-hybridized carbons (Fsp3) is 1.00. The first kappa shape index (κ1) is 11.9. The molecule has 0 unspecified atom stereocenters. The van der Waals surface area contributed by atoms with Gasteiger partial charge in [-0.15, -0.1) is 0 Å². The Morgan fingerprint density at radius 1 is 1.17 bits per heavy atom. The van der Waals surface area contributed by atoms with Gasteiger partial charge in [0, 0.05) is 26.2 Å². The summed E-state index contributed by atoms with van der Waals surface area (Å²) in [7, 11) is 4.16. The molecule has 74 valence electrons. The van der Waals surface area contributed by atoms with Crippen LogP contribution in [0.5, 0.6) is 0 Å². The van der Waals surface area contributed by atoms with Crippen molar-refractivity contribution < 1.29 is 4.74 Å². The molecule has 0 radical (unpaired) electrons. The molecule has 0 aromatic carbocycles. The van der Waals surface area contributed by atoms with E-state index in [2.05, 4.69) is 31.2 Å². The smallest absolute Gasteiger partial charge is 0.0590 e.